The SMILES string of the molecule is CCCCN1N=C(C)SC1=CC(=O)c1ccc(C(C)(C)C)cc1. The third kappa shape index (κ3) is 4.71. The Hall–Kier alpha value is -1.55. The third-order valence-corrected chi connectivity index (χ3v) is 4.70. The van der Waals surface area contributed by atoms with Crippen molar-refractivity contribution >= 4 is 22.6 Å². The van der Waals surface area contributed by atoms with Gasteiger partial charge in [-0.15, -0.1) is 0 Å². The minimum atomic E-state index is 0.0411. The molecule has 23 heavy (non-hydrogen) atoms. The number of nitrogens with zero attached hydrogens (tertiary/aromatic N) is 2. The van der Waals surface area contributed by atoms with Crippen LogP contribution >= 0.6 is 11.8 Å². The van der Waals surface area contributed by atoms with Gasteiger partial charge in [0, 0.05) is 18.2 Å². The van der Waals surface area contributed by atoms with Crippen molar-refractivity contribution < 1.29 is 4.79 Å². The van der Waals surface area contributed by atoms with Crippen LogP contribution in [0, 0.1) is 0 Å². The van der Waals surface area contributed by atoms with Gasteiger partial charge in [-0.25, -0.2) is 0 Å². The van der Waals surface area contributed by atoms with Crippen molar-refractivity contribution in [3.63, 3.8) is 0 Å². The Balaban J connectivity index is 2.14. The zero-order valence-electron chi connectivity index (χ0n) is 14.7. The quantitative estimate of drug-likeness (QED) is 0.550. The van der Waals surface area contributed by atoms with E-state index in [0.717, 1.165) is 35.0 Å². The van der Waals surface area contributed by atoms with Gasteiger partial charge in [-0.3, -0.25) is 9.80 Å². The van der Waals surface area contributed by atoms with Crippen molar-refractivity contribution in [1.29, 1.82) is 0 Å². The van der Waals surface area contributed by atoms with Crippen LogP contribution in [-0.2, 0) is 5.41 Å². The van der Waals surface area contributed by atoms with Crippen molar-refractivity contribution in [2.75, 3.05) is 6.54 Å². The maximum absolute atomic E-state index is 12.5. The summed E-state index contributed by atoms with van der Waals surface area (Å²) in [6.45, 7) is 11.5. The first-order valence-electron chi connectivity index (χ1n) is 8.18. The van der Waals surface area contributed by atoms with E-state index in [2.05, 4.69) is 32.8 Å². The molecule has 1 aromatic carbocycles. The molecule has 0 bridgehead atoms. The normalized spacial score (nSPS) is 16.8. The van der Waals surface area contributed by atoms with Crippen LogP contribution in [0.1, 0.15) is 63.4 Å². The second-order valence-electron chi connectivity index (χ2n) is 6.87. The molecule has 124 valence electrons. The van der Waals surface area contributed by atoms with Crippen LogP contribution in [0.4, 0.5) is 0 Å². The second kappa shape index (κ2) is 7.35. The highest BCUT2D eigenvalue weighted by Crippen LogP contribution is 2.30. The van der Waals surface area contributed by atoms with E-state index in [4.69, 9.17) is 0 Å². The molecule has 0 saturated carbocycles. The molecular weight excluding hydrogens is 304 g/mol. The van der Waals surface area contributed by atoms with Crippen LogP contribution in [0.25, 0.3) is 0 Å². The van der Waals surface area contributed by atoms with Gasteiger partial charge in [-0.05, 0) is 24.3 Å². The molecule has 0 saturated heterocycles. The van der Waals surface area contributed by atoms with E-state index in [0.29, 0.717) is 0 Å². The Kier molecular flexibility index (Phi) is 5.69. The number of allylic oxidation sites excluding steroid dienone is 1. The molecule has 0 aliphatic carbocycles. The highest BCUT2D eigenvalue weighted by atomic mass is 32.2. The van der Waals surface area contributed by atoms with E-state index < -0.39 is 0 Å². The lowest BCUT2D eigenvalue weighted by atomic mass is 9.86. The Morgan fingerprint density at radius 2 is 1.91 bits per heavy atom. The standard InChI is InChI=1S/C19H26N2OS/c1-6-7-12-21-18(23-14(2)20-21)13-17(22)15-8-10-16(11-9-15)19(3,4)5/h8-11,13H,6-7,12H2,1-5H3. The van der Waals surface area contributed by atoms with E-state index in [9.17, 15) is 4.79 Å². The summed E-state index contributed by atoms with van der Waals surface area (Å²) < 4.78 is 0. The minimum absolute atomic E-state index is 0.0411. The predicted molar refractivity (Wildman–Crippen MR) is 99.9 cm³/mol. The first kappa shape index (κ1) is 17.8. The Labute approximate surface area is 143 Å². The molecule has 0 atom stereocenters. The maximum Gasteiger partial charge on any atom is 0.188 e. The Morgan fingerprint density at radius 1 is 1.26 bits per heavy atom. The summed E-state index contributed by atoms with van der Waals surface area (Å²) in [6.07, 6.45) is 3.90. The van der Waals surface area contributed by atoms with Crippen molar-refractivity contribution in [1.82, 2.24) is 5.01 Å². The van der Waals surface area contributed by atoms with Crippen molar-refractivity contribution in [3.05, 3.63) is 46.5 Å². The van der Waals surface area contributed by atoms with Crippen molar-refractivity contribution in [2.24, 2.45) is 5.10 Å². The van der Waals surface area contributed by atoms with Crippen LogP contribution in [0.2, 0.25) is 0 Å². The summed E-state index contributed by atoms with van der Waals surface area (Å²) in [5.74, 6) is 0.0411. The molecule has 3 nitrogen and oxygen atoms in total. The summed E-state index contributed by atoms with van der Waals surface area (Å²) in [5.41, 5.74) is 2.07. The maximum atomic E-state index is 12.5. The van der Waals surface area contributed by atoms with Gasteiger partial charge in [-0.1, -0.05) is 70.1 Å². The number of hydrazone groups is 1. The summed E-state index contributed by atoms with van der Waals surface area (Å²) >= 11 is 1.57. The summed E-state index contributed by atoms with van der Waals surface area (Å²) in [6, 6.07) is 7.93. The fourth-order valence-corrected chi connectivity index (χ4v) is 3.19. The number of thioether (sulfide) groups is 1. The fourth-order valence-electron chi connectivity index (χ4n) is 2.35. The molecule has 0 aromatic heterocycles. The van der Waals surface area contributed by atoms with Gasteiger partial charge in [0.1, 0.15) is 5.03 Å². The number of hydrogen-bond acceptors (Lipinski definition) is 4. The number of carbonyl (C=O) groups is 1. The van der Waals surface area contributed by atoms with E-state index in [1.54, 1.807) is 17.8 Å². The van der Waals surface area contributed by atoms with Crippen LogP contribution in [0.3, 0.4) is 0 Å². The van der Waals surface area contributed by atoms with Crippen LogP contribution in [0.5, 0.6) is 0 Å². The molecule has 0 spiro atoms. The predicted octanol–water partition coefficient (Wildman–Crippen LogP) is 5.19. The summed E-state index contributed by atoms with van der Waals surface area (Å²) in [4.78, 5) is 12.5. The van der Waals surface area contributed by atoms with Gasteiger partial charge in [0.25, 0.3) is 0 Å². The molecule has 1 heterocycles. The van der Waals surface area contributed by atoms with Crippen LogP contribution < -0.4 is 0 Å². The molecule has 0 unspecified atom stereocenters. The van der Waals surface area contributed by atoms with Crippen molar-refractivity contribution in [2.45, 2.75) is 52.9 Å². The molecule has 0 fully saturated rings. The van der Waals surface area contributed by atoms with Gasteiger partial charge in [0.2, 0.25) is 0 Å². The Morgan fingerprint density at radius 3 is 2.48 bits per heavy atom. The average molecular weight is 330 g/mol. The molecule has 2 rings (SSSR count). The molecule has 1 aromatic rings. The number of rotatable bonds is 5. The molecular formula is C19H26N2OS. The lowest BCUT2D eigenvalue weighted by molar-refractivity contribution is 0.104. The highest BCUT2D eigenvalue weighted by Gasteiger charge is 2.20. The highest BCUT2D eigenvalue weighted by molar-refractivity contribution is 8.17. The fraction of sp³-hybridized carbons (Fsp3) is 0.474. The largest absolute Gasteiger partial charge is 0.289 e. The van der Waals surface area contributed by atoms with E-state index >= 15 is 0 Å². The topological polar surface area (TPSA) is 32.7 Å². The van der Waals surface area contributed by atoms with Gasteiger partial charge < -0.3 is 0 Å². The second-order valence-corrected chi connectivity index (χ2v) is 8.09. The Bertz CT molecular complexity index is 624. The zero-order chi connectivity index (χ0) is 17.0. The smallest absolute Gasteiger partial charge is 0.188 e. The number of benzene rings is 1. The van der Waals surface area contributed by atoms with E-state index in [1.165, 1.54) is 5.56 Å². The first-order valence-corrected chi connectivity index (χ1v) is 9.00. The van der Waals surface area contributed by atoms with Gasteiger partial charge >= 0.3 is 0 Å². The first-order chi connectivity index (χ1) is 10.8. The summed E-state index contributed by atoms with van der Waals surface area (Å²) in [7, 11) is 0. The van der Waals surface area contributed by atoms with Gasteiger partial charge in [0.05, 0.1) is 5.04 Å². The van der Waals surface area contributed by atoms with Crippen LogP contribution in [0.15, 0.2) is 40.5 Å². The zero-order valence-corrected chi connectivity index (χ0v) is 15.5. The number of hydrogen-bond donors (Lipinski definition) is 0. The lowest BCUT2D eigenvalue weighted by Crippen LogP contribution is -2.14. The molecule has 1 aliphatic heterocycles. The number of unbranched alkanes of at least 4 members (excludes halogenated alkanes) is 1. The van der Waals surface area contributed by atoms with Crippen LogP contribution in [-0.4, -0.2) is 22.4 Å². The van der Waals surface area contributed by atoms with Crippen molar-refractivity contribution in [3.8, 4) is 0 Å². The lowest BCUT2D eigenvalue weighted by Gasteiger charge is -2.19. The molecule has 0 amide bonds. The summed E-state index contributed by atoms with van der Waals surface area (Å²) in [5, 5.41) is 8.36. The number of carbonyl (C=O) groups excluding carboxylic acids is 1. The monoisotopic (exact) mass is 330 g/mol. The van der Waals surface area contributed by atoms with Gasteiger partial charge in [0.15, 0.2) is 5.78 Å². The van der Waals surface area contributed by atoms with E-state index in [1.807, 2.05) is 36.2 Å². The minimum Gasteiger partial charge on any atom is -0.289 e. The molecule has 4 heteroatoms. The molecule has 1 aliphatic rings. The van der Waals surface area contributed by atoms with E-state index in [-0.39, 0.29) is 11.2 Å². The third-order valence-electron chi connectivity index (χ3n) is 3.78. The molecule has 0 radical (unpaired) electrons. The molecule has 0 N–H and O–H groups in total. The van der Waals surface area contributed by atoms with Gasteiger partial charge in [-0.2, -0.15) is 5.10 Å². The number of ketones is 1. The average Bonchev–Trinajstić information content (AvgIpc) is 2.84.